The van der Waals surface area contributed by atoms with Crippen molar-refractivity contribution in [2.75, 3.05) is 11.9 Å². The molecule has 0 fully saturated rings. The van der Waals surface area contributed by atoms with E-state index >= 15 is 0 Å². The molecule has 152 valence electrons. The van der Waals surface area contributed by atoms with Crippen LogP contribution in [0.2, 0.25) is 0 Å². The number of nitrogens with zero attached hydrogens (tertiary/aromatic N) is 2. The molecule has 1 aliphatic heterocycles. The Morgan fingerprint density at radius 3 is 2.93 bits per heavy atom. The van der Waals surface area contributed by atoms with Crippen molar-refractivity contribution in [1.82, 2.24) is 9.29 Å². The second-order valence-electron chi connectivity index (χ2n) is 6.99. The molecule has 1 atom stereocenters. The zero-order valence-electron chi connectivity index (χ0n) is 15.8. The Labute approximate surface area is 167 Å². The number of hydrogen-bond donors (Lipinski definition) is 2. The quantitative estimate of drug-likeness (QED) is 0.740. The highest BCUT2D eigenvalue weighted by atomic mass is 32.2. The summed E-state index contributed by atoms with van der Waals surface area (Å²) in [5.41, 5.74) is -0.973. The zero-order valence-corrected chi connectivity index (χ0v) is 16.6. The van der Waals surface area contributed by atoms with Crippen LogP contribution in [0.15, 0.2) is 41.9 Å². The number of anilines is 1. The van der Waals surface area contributed by atoms with Crippen LogP contribution in [0.1, 0.15) is 29.4 Å². The van der Waals surface area contributed by atoms with Gasteiger partial charge in [-0.1, -0.05) is 6.08 Å². The van der Waals surface area contributed by atoms with Gasteiger partial charge in [-0.3, -0.25) is 4.79 Å². The summed E-state index contributed by atoms with van der Waals surface area (Å²) in [4.78, 5) is 12.7. The molecule has 2 N–H and O–H groups in total. The van der Waals surface area contributed by atoms with Gasteiger partial charge in [0.05, 0.1) is 11.1 Å². The zero-order chi connectivity index (χ0) is 21.4. The predicted molar refractivity (Wildman–Crippen MR) is 104 cm³/mol. The molecule has 0 bridgehead atoms. The Kier molecular flexibility index (Phi) is 5.21. The molecule has 2 aromatic rings. The Balaban J connectivity index is 1.99. The fraction of sp³-hybridized carbons (Fsp3) is 0.263. The highest BCUT2D eigenvalue weighted by Gasteiger charge is 2.39. The van der Waals surface area contributed by atoms with Crippen LogP contribution in [-0.4, -0.2) is 31.0 Å². The molecule has 1 aromatic carbocycles. The number of benzene rings is 1. The van der Waals surface area contributed by atoms with Gasteiger partial charge in [0.15, 0.2) is 11.4 Å². The maximum atomic E-state index is 13.5. The number of hydrogen-bond acceptors (Lipinski definition) is 5. The number of aromatic nitrogens is 1. The molecular weight excluding hydrogens is 399 g/mol. The molecule has 29 heavy (non-hydrogen) atoms. The van der Waals surface area contributed by atoms with Crippen molar-refractivity contribution in [2.45, 2.75) is 23.8 Å². The molecule has 3 rings (SSSR count). The largest absolute Gasteiger partial charge is 0.488 e. The van der Waals surface area contributed by atoms with Crippen LogP contribution < -0.4 is 14.8 Å². The number of aryl methyl sites for hydroxylation is 1. The summed E-state index contributed by atoms with van der Waals surface area (Å²) >= 11 is 0. The smallest absolute Gasteiger partial charge is 0.276 e. The molecule has 0 saturated heterocycles. The first-order valence-corrected chi connectivity index (χ1v) is 10.1. The topological polar surface area (TPSA) is 113 Å². The summed E-state index contributed by atoms with van der Waals surface area (Å²) in [6.45, 7) is 5.31. The van der Waals surface area contributed by atoms with Gasteiger partial charge >= 0.3 is 0 Å². The number of amides is 1. The number of rotatable bonds is 4. The average molecular weight is 418 g/mol. The van der Waals surface area contributed by atoms with Crippen molar-refractivity contribution in [3.05, 3.63) is 54.1 Å². The Morgan fingerprint density at radius 2 is 2.28 bits per heavy atom. The molecule has 1 aromatic heterocycles. The van der Waals surface area contributed by atoms with E-state index < -0.39 is 27.3 Å². The van der Waals surface area contributed by atoms with Crippen molar-refractivity contribution >= 4 is 21.6 Å². The summed E-state index contributed by atoms with van der Waals surface area (Å²) in [5.74, 6) is -1.44. The molecule has 1 aliphatic rings. The van der Waals surface area contributed by atoms with E-state index in [4.69, 9.17) is 10.00 Å². The SMILES string of the molecule is C=CC[C@]1(C)COc2c(cn(C)c2C(=O)Nc2ccc(F)c(C#N)c2)S(=O)(=O)N1. The third-order valence-electron chi connectivity index (χ3n) is 4.46. The highest BCUT2D eigenvalue weighted by molar-refractivity contribution is 7.89. The standard InChI is InChI=1S/C19H19FN4O4S/c1-4-7-19(2)11-28-17-15(29(26,27)23-19)10-24(3)16(17)18(25)22-13-5-6-14(20)12(8-13)9-21/h4-6,8,10,23H,1,7,11H2,2-3H3,(H,22,25)/t19-/m1/s1. The van der Waals surface area contributed by atoms with Gasteiger partial charge in [-0.05, 0) is 31.5 Å². The van der Waals surface area contributed by atoms with Crippen LogP contribution in [-0.2, 0) is 17.1 Å². The molecule has 1 amide bonds. The lowest BCUT2D eigenvalue weighted by molar-refractivity contribution is 0.101. The summed E-state index contributed by atoms with van der Waals surface area (Å²) in [6.07, 6.45) is 3.20. The van der Waals surface area contributed by atoms with Crippen LogP contribution in [0.25, 0.3) is 0 Å². The van der Waals surface area contributed by atoms with Crippen molar-refractivity contribution in [2.24, 2.45) is 7.05 Å². The fourth-order valence-electron chi connectivity index (χ4n) is 3.11. The predicted octanol–water partition coefficient (Wildman–Crippen LogP) is 2.29. The maximum Gasteiger partial charge on any atom is 0.276 e. The van der Waals surface area contributed by atoms with Gasteiger partial charge in [0.2, 0.25) is 10.0 Å². The van der Waals surface area contributed by atoms with Crippen molar-refractivity contribution in [3.63, 3.8) is 0 Å². The van der Waals surface area contributed by atoms with Crippen molar-refractivity contribution in [1.29, 1.82) is 5.26 Å². The van der Waals surface area contributed by atoms with E-state index in [-0.39, 0.29) is 34.2 Å². The molecule has 0 unspecified atom stereocenters. The van der Waals surface area contributed by atoms with Crippen LogP contribution in [0.3, 0.4) is 0 Å². The van der Waals surface area contributed by atoms with Gasteiger partial charge in [0, 0.05) is 18.9 Å². The molecule has 0 radical (unpaired) electrons. The van der Waals surface area contributed by atoms with Gasteiger partial charge in [-0.25, -0.2) is 17.5 Å². The number of nitriles is 1. The number of nitrogens with one attached hydrogen (secondary N) is 2. The van der Waals surface area contributed by atoms with Crippen LogP contribution in [0.5, 0.6) is 5.75 Å². The minimum Gasteiger partial charge on any atom is -0.488 e. The summed E-state index contributed by atoms with van der Waals surface area (Å²) < 4.78 is 48.8. The molecule has 10 heteroatoms. The highest BCUT2D eigenvalue weighted by Crippen LogP contribution is 2.35. The number of halogens is 1. The molecule has 0 spiro atoms. The Hall–Kier alpha value is -3.16. The average Bonchev–Trinajstić information content (AvgIpc) is 2.94. The third kappa shape index (κ3) is 3.87. The van der Waals surface area contributed by atoms with Crippen LogP contribution in [0, 0.1) is 17.1 Å². The minimum absolute atomic E-state index is 0.00925. The summed E-state index contributed by atoms with van der Waals surface area (Å²) in [6, 6.07) is 5.25. The van der Waals surface area contributed by atoms with Gasteiger partial charge in [-0.2, -0.15) is 5.26 Å². The lowest BCUT2D eigenvalue weighted by Gasteiger charge is -2.26. The Morgan fingerprint density at radius 1 is 1.55 bits per heavy atom. The molecule has 0 saturated carbocycles. The van der Waals surface area contributed by atoms with E-state index in [1.54, 1.807) is 19.1 Å². The van der Waals surface area contributed by atoms with Gasteiger partial charge < -0.3 is 14.6 Å². The number of ether oxygens (including phenoxy) is 1. The van der Waals surface area contributed by atoms with E-state index in [2.05, 4.69) is 16.6 Å². The lowest BCUT2D eigenvalue weighted by atomic mass is 10.0. The van der Waals surface area contributed by atoms with Crippen molar-refractivity contribution < 1.29 is 22.3 Å². The fourth-order valence-corrected chi connectivity index (χ4v) is 4.71. The van der Waals surface area contributed by atoms with E-state index in [9.17, 15) is 17.6 Å². The number of sulfonamides is 1. The first-order chi connectivity index (χ1) is 13.6. The monoisotopic (exact) mass is 418 g/mol. The maximum absolute atomic E-state index is 13.5. The second kappa shape index (κ2) is 7.35. The van der Waals surface area contributed by atoms with Crippen molar-refractivity contribution in [3.8, 4) is 11.8 Å². The number of fused-ring (bicyclic) bond motifs is 1. The van der Waals surface area contributed by atoms with E-state index in [0.29, 0.717) is 6.42 Å². The van der Waals surface area contributed by atoms with E-state index in [1.807, 2.05) is 0 Å². The molecular formula is C19H19FN4O4S. The van der Waals surface area contributed by atoms with Gasteiger partial charge in [-0.15, -0.1) is 6.58 Å². The Bertz CT molecular complexity index is 1150. The molecule has 8 nitrogen and oxygen atoms in total. The normalized spacial score (nSPS) is 19.9. The first kappa shape index (κ1) is 20.6. The lowest BCUT2D eigenvalue weighted by Crippen LogP contribution is -2.48. The first-order valence-electron chi connectivity index (χ1n) is 8.58. The summed E-state index contributed by atoms with van der Waals surface area (Å²) in [5, 5.41) is 11.5. The van der Waals surface area contributed by atoms with E-state index in [0.717, 1.165) is 6.07 Å². The number of carbonyl (C=O) groups excluding carboxylic acids is 1. The second-order valence-corrected chi connectivity index (χ2v) is 8.64. The third-order valence-corrected chi connectivity index (χ3v) is 6.09. The van der Waals surface area contributed by atoms with Gasteiger partial charge in [0.1, 0.15) is 23.4 Å². The summed E-state index contributed by atoms with van der Waals surface area (Å²) in [7, 11) is -2.44. The van der Waals surface area contributed by atoms with Crippen LogP contribution in [0.4, 0.5) is 10.1 Å². The van der Waals surface area contributed by atoms with E-state index in [1.165, 1.54) is 29.9 Å². The number of carbonyl (C=O) groups is 1. The van der Waals surface area contributed by atoms with Crippen LogP contribution >= 0.6 is 0 Å². The molecule has 0 aliphatic carbocycles. The minimum atomic E-state index is -3.95. The molecule has 2 heterocycles. The van der Waals surface area contributed by atoms with Gasteiger partial charge in [0.25, 0.3) is 5.91 Å².